The Bertz CT molecular complexity index is 428. The molecule has 0 radical (unpaired) electrons. The minimum Gasteiger partial charge on any atom is -0.392 e. The van der Waals surface area contributed by atoms with Crippen LogP contribution < -0.4 is 0 Å². The molecule has 0 bridgehead atoms. The van der Waals surface area contributed by atoms with Crippen molar-refractivity contribution in [1.29, 1.82) is 0 Å². The van der Waals surface area contributed by atoms with Crippen molar-refractivity contribution in [2.24, 2.45) is 0 Å². The van der Waals surface area contributed by atoms with Crippen molar-refractivity contribution in [1.82, 2.24) is 0 Å². The Morgan fingerprint density at radius 3 is 3.00 bits per heavy atom. The minimum absolute atomic E-state index is 0.101. The van der Waals surface area contributed by atoms with Crippen molar-refractivity contribution in [3.63, 3.8) is 0 Å². The summed E-state index contributed by atoms with van der Waals surface area (Å²) >= 11 is 1.73. The number of hydrogen-bond acceptors (Lipinski definition) is 2. The normalized spacial score (nSPS) is 11.5. The predicted molar refractivity (Wildman–Crippen MR) is 57.9 cm³/mol. The number of thiophene rings is 1. The third-order valence-electron chi connectivity index (χ3n) is 1.91. The minimum atomic E-state index is 0.101. The van der Waals surface area contributed by atoms with Crippen LogP contribution in [-0.4, -0.2) is 11.7 Å². The van der Waals surface area contributed by atoms with Crippen molar-refractivity contribution in [2.75, 3.05) is 6.61 Å². The first-order chi connectivity index (χ1) is 6.42. The van der Waals surface area contributed by atoms with Crippen LogP contribution in [0.5, 0.6) is 0 Å². The average Bonchev–Trinajstić information content (AvgIpc) is 2.58. The monoisotopic (exact) mass is 190 g/mol. The van der Waals surface area contributed by atoms with Gasteiger partial charge < -0.3 is 5.11 Å². The molecule has 1 N–H and O–H groups in total. The molecule has 0 aliphatic carbocycles. The van der Waals surface area contributed by atoms with Gasteiger partial charge in [0.1, 0.15) is 0 Å². The van der Waals surface area contributed by atoms with Gasteiger partial charge in [-0.3, -0.25) is 0 Å². The zero-order valence-corrected chi connectivity index (χ0v) is 7.92. The molecule has 1 aromatic carbocycles. The molecule has 2 heteroatoms. The van der Waals surface area contributed by atoms with Gasteiger partial charge in [0, 0.05) is 4.70 Å². The lowest BCUT2D eigenvalue weighted by Gasteiger charge is -1.89. The van der Waals surface area contributed by atoms with E-state index in [0.717, 1.165) is 0 Å². The highest BCUT2D eigenvalue weighted by atomic mass is 32.1. The Morgan fingerprint density at radius 2 is 2.15 bits per heavy atom. The molecule has 1 heterocycles. The van der Waals surface area contributed by atoms with Crippen molar-refractivity contribution >= 4 is 27.5 Å². The lowest BCUT2D eigenvalue weighted by Crippen LogP contribution is -1.71. The second-order valence-corrected chi connectivity index (χ2v) is 3.68. The highest BCUT2D eigenvalue weighted by Gasteiger charge is 1.98. The number of aliphatic hydroxyl groups is 1. The van der Waals surface area contributed by atoms with E-state index in [4.69, 9.17) is 5.11 Å². The summed E-state index contributed by atoms with van der Waals surface area (Å²) in [5, 5.41) is 12.0. The van der Waals surface area contributed by atoms with Gasteiger partial charge in [-0.1, -0.05) is 30.4 Å². The maximum absolute atomic E-state index is 8.65. The van der Waals surface area contributed by atoms with E-state index in [1.54, 1.807) is 17.4 Å². The molecule has 2 rings (SSSR count). The third kappa shape index (κ3) is 1.64. The first kappa shape index (κ1) is 8.48. The Kier molecular flexibility index (Phi) is 2.43. The van der Waals surface area contributed by atoms with Gasteiger partial charge >= 0.3 is 0 Å². The van der Waals surface area contributed by atoms with E-state index >= 15 is 0 Å². The molecule has 13 heavy (non-hydrogen) atoms. The molecule has 0 fully saturated rings. The summed E-state index contributed by atoms with van der Waals surface area (Å²) in [4.78, 5) is 0. The van der Waals surface area contributed by atoms with Crippen LogP contribution in [0.3, 0.4) is 0 Å². The van der Waals surface area contributed by atoms with E-state index in [1.165, 1.54) is 15.6 Å². The van der Waals surface area contributed by atoms with Crippen LogP contribution in [0.15, 0.2) is 35.7 Å². The highest BCUT2D eigenvalue weighted by Crippen LogP contribution is 2.26. The Labute approximate surface area is 81.0 Å². The van der Waals surface area contributed by atoms with Crippen LogP contribution in [0.2, 0.25) is 0 Å². The van der Waals surface area contributed by atoms with Crippen LogP contribution in [0.25, 0.3) is 16.2 Å². The SMILES string of the molecule is OCC=Cc1csc2ccccc12. The second kappa shape index (κ2) is 3.73. The number of rotatable bonds is 2. The topological polar surface area (TPSA) is 20.2 Å². The van der Waals surface area contributed by atoms with Crippen molar-refractivity contribution in [3.05, 3.63) is 41.3 Å². The molecule has 0 atom stereocenters. The van der Waals surface area contributed by atoms with Gasteiger partial charge in [0.15, 0.2) is 0 Å². The second-order valence-electron chi connectivity index (χ2n) is 2.77. The lowest BCUT2D eigenvalue weighted by atomic mass is 10.2. The van der Waals surface area contributed by atoms with Crippen molar-refractivity contribution in [3.8, 4) is 0 Å². The van der Waals surface area contributed by atoms with Crippen molar-refractivity contribution in [2.45, 2.75) is 0 Å². The Morgan fingerprint density at radius 1 is 1.31 bits per heavy atom. The van der Waals surface area contributed by atoms with Gasteiger partial charge in [0.25, 0.3) is 0 Å². The maximum Gasteiger partial charge on any atom is 0.0615 e. The molecule has 66 valence electrons. The van der Waals surface area contributed by atoms with Gasteiger partial charge in [-0.15, -0.1) is 11.3 Å². The summed E-state index contributed by atoms with van der Waals surface area (Å²) in [6, 6.07) is 8.28. The van der Waals surface area contributed by atoms with E-state index in [0.29, 0.717) is 0 Å². The standard InChI is InChI=1S/C11H10OS/c12-7-3-4-9-8-13-11-6-2-1-5-10(9)11/h1-6,8,12H,7H2. The van der Waals surface area contributed by atoms with E-state index < -0.39 is 0 Å². The molecule has 0 saturated heterocycles. The molecule has 1 aromatic heterocycles. The molecular formula is C11H10OS. The van der Waals surface area contributed by atoms with Gasteiger partial charge in [-0.05, 0) is 22.4 Å². The maximum atomic E-state index is 8.65. The van der Waals surface area contributed by atoms with E-state index in [9.17, 15) is 0 Å². The van der Waals surface area contributed by atoms with Gasteiger partial charge in [-0.2, -0.15) is 0 Å². The number of fused-ring (bicyclic) bond motifs is 1. The van der Waals surface area contributed by atoms with Crippen LogP contribution in [0.4, 0.5) is 0 Å². The lowest BCUT2D eigenvalue weighted by molar-refractivity contribution is 0.343. The van der Waals surface area contributed by atoms with Crippen LogP contribution in [-0.2, 0) is 0 Å². The predicted octanol–water partition coefficient (Wildman–Crippen LogP) is 2.91. The fourth-order valence-corrected chi connectivity index (χ4v) is 2.24. The van der Waals surface area contributed by atoms with Gasteiger partial charge in [0.2, 0.25) is 0 Å². The summed E-state index contributed by atoms with van der Waals surface area (Å²) in [6.45, 7) is 0.101. The van der Waals surface area contributed by atoms with E-state index in [-0.39, 0.29) is 6.61 Å². The van der Waals surface area contributed by atoms with Gasteiger partial charge in [0.05, 0.1) is 6.61 Å². The molecule has 0 saturated carbocycles. The molecule has 1 nitrogen and oxygen atoms in total. The fraction of sp³-hybridized carbons (Fsp3) is 0.0909. The molecule has 2 aromatic rings. The molecule has 0 unspecified atom stereocenters. The molecular weight excluding hydrogens is 180 g/mol. The van der Waals surface area contributed by atoms with Crippen LogP contribution in [0.1, 0.15) is 5.56 Å². The summed E-state index contributed by atoms with van der Waals surface area (Å²) < 4.78 is 1.29. The molecule has 0 aliphatic heterocycles. The smallest absolute Gasteiger partial charge is 0.0615 e. The summed E-state index contributed by atoms with van der Waals surface area (Å²) in [6.07, 6.45) is 3.72. The average molecular weight is 190 g/mol. The Hall–Kier alpha value is -1.12. The fourth-order valence-electron chi connectivity index (χ4n) is 1.31. The Balaban J connectivity index is 2.52. The van der Waals surface area contributed by atoms with Crippen molar-refractivity contribution < 1.29 is 5.11 Å². The largest absolute Gasteiger partial charge is 0.392 e. The third-order valence-corrected chi connectivity index (χ3v) is 2.90. The highest BCUT2D eigenvalue weighted by molar-refractivity contribution is 7.17. The van der Waals surface area contributed by atoms with E-state index in [1.807, 2.05) is 18.2 Å². The number of aliphatic hydroxyl groups excluding tert-OH is 1. The van der Waals surface area contributed by atoms with Crippen LogP contribution in [0, 0.1) is 0 Å². The quantitative estimate of drug-likeness (QED) is 0.772. The molecule has 0 spiro atoms. The summed E-state index contributed by atoms with van der Waals surface area (Å²) in [7, 11) is 0. The van der Waals surface area contributed by atoms with E-state index in [2.05, 4.69) is 17.5 Å². The number of hydrogen-bond donors (Lipinski definition) is 1. The summed E-state index contributed by atoms with van der Waals surface area (Å²) in [5.74, 6) is 0. The zero-order valence-electron chi connectivity index (χ0n) is 7.10. The molecule has 0 amide bonds. The summed E-state index contributed by atoms with van der Waals surface area (Å²) in [5.41, 5.74) is 1.19. The molecule has 0 aliphatic rings. The number of benzene rings is 1. The van der Waals surface area contributed by atoms with Crippen LogP contribution >= 0.6 is 11.3 Å². The first-order valence-corrected chi connectivity index (χ1v) is 5.03. The zero-order chi connectivity index (χ0) is 9.10. The first-order valence-electron chi connectivity index (χ1n) is 4.15. The van der Waals surface area contributed by atoms with Gasteiger partial charge in [-0.25, -0.2) is 0 Å².